The Morgan fingerprint density at radius 2 is 0.967 bits per heavy atom. The predicted molar refractivity (Wildman–Crippen MR) is 133 cm³/mol. The topological polar surface area (TPSA) is 0 Å². The molecule has 0 aliphatic heterocycles. The highest BCUT2D eigenvalue weighted by Crippen LogP contribution is 2.36. The van der Waals surface area contributed by atoms with E-state index < -0.39 is 8.07 Å². The Labute approximate surface area is 181 Å². The van der Waals surface area contributed by atoms with Gasteiger partial charge in [0.05, 0.1) is 0 Å². The molecule has 0 nitrogen and oxygen atoms in total. The van der Waals surface area contributed by atoms with Crippen molar-refractivity contribution < 1.29 is 0 Å². The van der Waals surface area contributed by atoms with Crippen LogP contribution < -0.4 is 5.19 Å². The van der Waals surface area contributed by atoms with Crippen LogP contribution in [0.25, 0.3) is 10.8 Å². The van der Waals surface area contributed by atoms with Crippen molar-refractivity contribution in [3.05, 3.63) is 138 Å². The Morgan fingerprint density at radius 1 is 0.533 bits per heavy atom. The van der Waals surface area contributed by atoms with Gasteiger partial charge in [-0.15, -0.1) is 0 Å². The van der Waals surface area contributed by atoms with E-state index in [1.165, 1.54) is 32.6 Å². The quantitative estimate of drug-likeness (QED) is 0.240. The molecule has 4 aromatic carbocycles. The first kappa shape index (κ1) is 20.1. The van der Waals surface area contributed by atoms with E-state index in [0.717, 1.165) is 6.42 Å². The number of allylic oxidation sites excluding steroid dienone is 1. The molecule has 0 atom stereocenters. The summed E-state index contributed by atoms with van der Waals surface area (Å²) in [7, 11) is -1.97. The van der Waals surface area contributed by atoms with Crippen LogP contribution in [0.4, 0.5) is 0 Å². The minimum Gasteiger partial charge on any atom is -0.0626 e. The second-order valence-electron chi connectivity index (χ2n) is 8.24. The minimum absolute atomic E-state index is 0.929. The lowest BCUT2D eigenvalue weighted by molar-refractivity contribution is 1.28. The summed E-state index contributed by atoms with van der Waals surface area (Å²) in [4.78, 5) is 0. The van der Waals surface area contributed by atoms with Gasteiger partial charge in [0.1, 0.15) is 8.07 Å². The van der Waals surface area contributed by atoms with Gasteiger partial charge in [0.2, 0.25) is 0 Å². The number of benzene rings is 4. The average molecular weight is 405 g/mol. The van der Waals surface area contributed by atoms with Crippen molar-refractivity contribution in [2.24, 2.45) is 0 Å². The van der Waals surface area contributed by atoms with Gasteiger partial charge < -0.3 is 0 Å². The molecule has 0 aliphatic rings. The largest absolute Gasteiger partial charge is 0.113 e. The van der Waals surface area contributed by atoms with Gasteiger partial charge in [0.15, 0.2) is 0 Å². The Bertz CT molecular complexity index is 1100. The molecule has 4 aromatic rings. The summed E-state index contributed by atoms with van der Waals surface area (Å²) in [6.07, 6.45) is 0.929. The normalized spacial score (nSPS) is 12.3. The lowest BCUT2D eigenvalue weighted by Crippen LogP contribution is -2.43. The van der Waals surface area contributed by atoms with Gasteiger partial charge in [-0.1, -0.05) is 140 Å². The van der Waals surface area contributed by atoms with E-state index in [2.05, 4.69) is 134 Å². The Hall–Kier alpha value is -3.16. The molecule has 0 fully saturated rings. The molecule has 0 aliphatic carbocycles. The van der Waals surface area contributed by atoms with Gasteiger partial charge in [-0.25, -0.2) is 0 Å². The van der Waals surface area contributed by atoms with E-state index in [1.807, 2.05) is 0 Å². The highest BCUT2D eigenvalue weighted by atomic mass is 28.3. The van der Waals surface area contributed by atoms with Crippen LogP contribution in [-0.4, -0.2) is 8.07 Å². The van der Waals surface area contributed by atoms with Gasteiger partial charge in [-0.2, -0.15) is 0 Å². The summed E-state index contributed by atoms with van der Waals surface area (Å²) in [5.74, 6) is 0. The fraction of sp³-hybridized carbons (Fsp3) is 0.103. The second-order valence-corrected chi connectivity index (χ2v) is 12.6. The van der Waals surface area contributed by atoms with Crippen LogP contribution in [0.3, 0.4) is 0 Å². The summed E-state index contributed by atoms with van der Waals surface area (Å²) in [6.45, 7) is 4.97. The molecule has 0 spiro atoms. The van der Waals surface area contributed by atoms with E-state index in [1.54, 1.807) is 0 Å². The van der Waals surface area contributed by atoms with E-state index in [9.17, 15) is 0 Å². The SMILES string of the molecule is C[Si](C)(/C(=C(/Cc1ccccc1)c1ccccc1)c1ccccc1)c1ccccc1. The molecule has 30 heavy (non-hydrogen) atoms. The molecule has 0 heterocycles. The molecule has 1 heteroatoms. The smallest absolute Gasteiger partial charge is 0.0626 e. The number of rotatable bonds is 6. The minimum atomic E-state index is -1.97. The van der Waals surface area contributed by atoms with E-state index >= 15 is 0 Å². The molecule has 0 unspecified atom stereocenters. The molecular formula is C29H28Si. The van der Waals surface area contributed by atoms with E-state index in [-0.39, 0.29) is 0 Å². The molecule has 0 N–H and O–H groups in total. The van der Waals surface area contributed by atoms with Crippen molar-refractivity contribution in [3.8, 4) is 0 Å². The molecule has 0 radical (unpaired) electrons. The number of hydrogen-bond donors (Lipinski definition) is 0. The van der Waals surface area contributed by atoms with Crippen LogP contribution in [0.5, 0.6) is 0 Å². The van der Waals surface area contributed by atoms with Gasteiger partial charge in [-0.3, -0.25) is 0 Å². The van der Waals surface area contributed by atoms with Crippen LogP contribution >= 0.6 is 0 Å². The van der Waals surface area contributed by atoms with Crippen molar-refractivity contribution in [1.82, 2.24) is 0 Å². The monoisotopic (exact) mass is 404 g/mol. The third kappa shape index (κ3) is 4.37. The maximum Gasteiger partial charge on any atom is 0.113 e. The highest BCUT2D eigenvalue weighted by molar-refractivity contribution is 7.05. The third-order valence-corrected chi connectivity index (χ3v) is 9.45. The summed E-state index contributed by atoms with van der Waals surface area (Å²) in [6, 6.07) is 43.8. The van der Waals surface area contributed by atoms with Crippen LogP contribution in [0, 0.1) is 0 Å². The molecular weight excluding hydrogens is 376 g/mol. The van der Waals surface area contributed by atoms with Crippen molar-refractivity contribution >= 4 is 24.0 Å². The fourth-order valence-corrected chi connectivity index (χ4v) is 7.48. The first-order valence-corrected chi connectivity index (χ1v) is 13.6. The van der Waals surface area contributed by atoms with Crippen molar-refractivity contribution in [2.45, 2.75) is 19.5 Å². The van der Waals surface area contributed by atoms with Crippen LogP contribution in [0.1, 0.15) is 16.7 Å². The van der Waals surface area contributed by atoms with Gasteiger partial charge in [-0.05, 0) is 33.9 Å². The van der Waals surface area contributed by atoms with Gasteiger partial charge in [0.25, 0.3) is 0 Å². The molecule has 0 bridgehead atoms. The molecule has 0 amide bonds. The summed E-state index contributed by atoms with van der Waals surface area (Å²) < 4.78 is 0. The van der Waals surface area contributed by atoms with Crippen molar-refractivity contribution in [2.75, 3.05) is 0 Å². The van der Waals surface area contributed by atoms with Crippen LogP contribution in [-0.2, 0) is 6.42 Å². The number of hydrogen-bond acceptors (Lipinski definition) is 0. The summed E-state index contributed by atoms with van der Waals surface area (Å²) >= 11 is 0. The zero-order chi connectivity index (χ0) is 20.8. The maximum absolute atomic E-state index is 2.48. The summed E-state index contributed by atoms with van der Waals surface area (Å²) in [5, 5.41) is 2.98. The lowest BCUT2D eigenvalue weighted by atomic mass is 9.95. The predicted octanol–water partition coefficient (Wildman–Crippen LogP) is 6.99. The van der Waals surface area contributed by atoms with E-state index in [0.29, 0.717) is 0 Å². The molecule has 4 rings (SSSR count). The average Bonchev–Trinajstić information content (AvgIpc) is 2.81. The molecule has 0 aromatic heterocycles. The molecule has 148 valence electrons. The standard InChI is InChI=1S/C29H28Si/c1-30(2,27-21-13-6-14-22-27)29(26-19-11-5-12-20-26)28(25-17-9-4-10-18-25)23-24-15-7-3-8-16-24/h3-22H,23H2,1-2H3/b29-28-. The Morgan fingerprint density at radius 3 is 1.50 bits per heavy atom. The Balaban J connectivity index is 2.00. The zero-order valence-corrected chi connectivity index (χ0v) is 18.8. The first-order valence-electron chi connectivity index (χ1n) is 10.6. The zero-order valence-electron chi connectivity index (χ0n) is 17.8. The van der Waals surface area contributed by atoms with Crippen molar-refractivity contribution in [3.63, 3.8) is 0 Å². The third-order valence-electron chi connectivity index (χ3n) is 5.83. The first-order chi connectivity index (χ1) is 14.7. The fourth-order valence-electron chi connectivity index (χ4n) is 4.29. The maximum atomic E-state index is 2.48. The molecule has 0 saturated heterocycles. The van der Waals surface area contributed by atoms with Gasteiger partial charge in [0, 0.05) is 0 Å². The summed E-state index contributed by atoms with van der Waals surface area (Å²) in [5.41, 5.74) is 5.45. The van der Waals surface area contributed by atoms with Crippen LogP contribution in [0.2, 0.25) is 13.1 Å². The van der Waals surface area contributed by atoms with Crippen LogP contribution in [0.15, 0.2) is 121 Å². The Kier molecular flexibility index (Phi) is 6.11. The highest BCUT2D eigenvalue weighted by Gasteiger charge is 2.32. The lowest BCUT2D eigenvalue weighted by Gasteiger charge is -2.31. The molecule has 0 saturated carbocycles. The van der Waals surface area contributed by atoms with Crippen molar-refractivity contribution in [1.29, 1.82) is 0 Å². The van der Waals surface area contributed by atoms with E-state index in [4.69, 9.17) is 0 Å². The second kappa shape index (κ2) is 9.11. The van der Waals surface area contributed by atoms with Gasteiger partial charge >= 0.3 is 0 Å².